The van der Waals surface area contributed by atoms with E-state index in [1.54, 1.807) is 18.3 Å². The van der Waals surface area contributed by atoms with Crippen LogP contribution in [0.1, 0.15) is 16.1 Å². The summed E-state index contributed by atoms with van der Waals surface area (Å²) in [5.41, 5.74) is 1.16. The highest BCUT2D eigenvalue weighted by Gasteiger charge is 2.09. The third kappa shape index (κ3) is 3.01. The molecule has 0 radical (unpaired) electrons. The molecule has 0 spiro atoms. The Kier molecular flexibility index (Phi) is 3.67. The molecule has 0 unspecified atom stereocenters. The minimum Gasteiger partial charge on any atom is -0.346 e. The number of carbonyl (C=O) groups is 1. The zero-order chi connectivity index (χ0) is 12.1. The van der Waals surface area contributed by atoms with Gasteiger partial charge in [-0.15, -0.1) is 0 Å². The second-order valence-electron chi connectivity index (χ2n) is 3.35. The largest absolute Gasteiger partial charge is 0.346 e. The molecule has 0 aliphatic heterocycles. The van der Waals surface area contributed by atoms with E-state index in [9.17, 15) is 4.79 Å². The van der Waals surface area contributed by atoms with E-state index in [1.807, 2.05) is 18.2 Å². The zero-order valence-electron chi connectivity index (χ0n) is 8.93. The van der Waals surface area contributed by atoms with Crippen LogP contribution in [0.4, 0.5) is 0 Å². The van der Waals surface area contributed by atoms with Crippen molar-refractivity contribution in [3.05, 3.63) is 59.1 Å². The predicted molar refractivity (Wildman–Crippen MR) is 64.7 cm³/mol. The van der Waals surface area contributed by atoms with E-state index < -0.39 is 0 Å². The van der Waals surface area contributed by atoms with Gasteiger partial charge in [0, 0.05) is 12.4 Å². The molecule has 0 aromatic carbocycles. The van der Waals surface area contributed by atoms with Crippen LogP contribution in [-0.2, 0) is 6.54 Å². The van der Waals surface area contributed by atoms with Gasteiger partial charge in [0.1, 0.15) is 5.15 Å². The van der Waals surface area contributed by atoms with Gasteiger partial charge in [0.15, 0.2) is 0 Å². The highest BCUT2D eigenvalue weighted by molar-refractivity contribution is 6.32. The third-order valence-corrected chi connectivity index (χ3v) is 2.46. The fourth-order valence-corrected chi connectivity index (χ4v) is 1.53. The molecule has 2 rings (SSSR count). The Morgan fingerprint density at radius 3 is 2.71 bits per heavy atom. The number of nitrogens with one attached hydrogen (secondary N) is 1. The van der Waals surface area contributed by atoms with Gasteiger partial charge < -0.3 is 5.32 Å². The molecule has 0 fully saturated rings. The molecule has 1 N–H and O–H groups in total. The van der Waals surface area contributed by atoms with E-state index in [0.29, 0.717) is 12.1 Å². The van der Waals surface area contributed by atoms with Gasteiger partial charge in [-0.3, -0.25) is 9.78 Å². The summed E-state index contributed by atoms with van der Waals surface area (Å²) in [6.07, 6.45) is 3.22. The molecule has 17 heavy (non-hydrogen) atoms. The zero-order valence-corrected chi connectivity index (χ0v) is 9.69. The standard InChI is InChI=1S/C12H10ClN3O/c13-11-10(5-3-7-15-11)12(17)16-8-9-4-1-2-6-14-9/h1-7H,8H2,(H,16,17). The van der Waals surface area contributed by atoms with Crippen molar-refractivity contribution in [1.29, 1.82) is 0 Å². The van der Waals surface area contributed by atoms with E-state index in [1.165, 1.54) is 6.20 Å². The molecular weight excluding hydrogens is 238 g/mol. The minimum absolute atomic E-state index is 0.200. The van der Waals surface area contributed by atoms with Crippen molar-refractivity contribution >= 4 is 17.5 Å². The lowest BCUT2D eigenvalue weighted by molar-refractivity contribution is 0.0950. The van der Waals surface area contributed by atoms with Crippen LogP contribution in [0.2, 0.25) is 5.15 Å². The minimum atomic E-state index is -0.256. The molecule has 1 amide bonds. The second kappa shape index (κ2) is 5.41. The first-order chi connectivity index (χ1) is 8.27. The van der Waals surface area contributed by atoms with Crippen molar-refractivity contribution in [2.45, 2.75) is 6.54 Å². The topological polar surface area (TPSA) is 54.9 Å². The molecule has 0 atom stereocenters. The highest BCUT2D eigenvalue weighted by Crippen LogP contribution is 2.11. The Morgan fingerprint density at radius 1 is 1.18 bits per heavy atom. The maximum absolute atomic E-state index is 11.8. The van der Waals surface area contributed by atoms with Gasteiger partial charge in [-0.05, 0) is 24.3 Å². The molecule has 0 aliphatic carbocycles. The fraction of sp³-hybridized carbons (Fsp3) is 0.0833. The van der Waals surface area contributed by atoms with E-state index in [0.717, 1.165) is 5.69 Å². The van der Waals surface area contributed by atoms with E-state index in [-0.39, 0.29) is 11.1 Å². The number of pyridine rings is 2. The molecule has 86 valence electrons. The normalized spacial score (nSPS) is 9.94. The molecule has 2 aromatic heterocycles. The molecule has 0 aliphatic rings. The van der Waals surface area contributed by atoms with Gasteiger partial charge in [-0.1, -0.05) is 17.7 Å². The van der Waals surface area contributed by atoms with Crippen molar-refractivity contribution in [2.24, 2.45) is 0 Å². The summed E-state index contributed by atoms with van der Waals surface area (Å²) < 4.78 is 0. The first-order valence-electron chi connectivity index (χ1n) is 5.06. The van der Waals surface area contributed by atoms with Gasteiger partial charge in [0.2, 0.25) is 0 Å². The van der Waals surface area contributed by atoms with Crippen LogP contribution in [0.5, 0.6) is 0 Å². The quantitative estimate of drug-likeness (QED) is 0.845. The van der Waals surface area contributed by atoms with Crippen LogP contribution in [0.3, 0.4) is 0 Å². The number of hydrogen-bond acceptors (Lipinski definition) is 3. The smallest absolute Gasteiger partial charge is 0.254 e. The summed E-state index contributed by atoms with van der Waals surface area (Å²) in [5.74, 6) is -0.256. The molecule has 0 bridgehead atoms. The Morgan fingerprint density at radius 2 is 2.00 bits per heavy atom. The monoisotopic (exact) mass is 247 g/mol. The lowest BCUT2D eigenvalue weighted by Crippen LogP contribution is -2.23. The number of amides is 1. The maximum Gasteiger partial charge on any atom is 0.254 e. The number of halogens is 1. The average molecular weight is 248 g/mol. The van der Waals surface area contributed by atoms with Crippen molar-refractivity contribution in [1.82, 2.24) is 15.3 Å². The molecular formula is C12H10ClN3O. The van der Waals surface area contributed by atoms with E-state index in [2.05, 4.69) is 15.3 Å². The van der Waals surface area contributed by atoms with Gasteiger partial charge in [0.05, 0.1) is 17.8 Å². The van der Waals surface area contributed by atoms with Crippen molar-refractivity contribution in [3.8, 4) is 0 Å². The lowest BCUT2D eigenvalue weighted by atomic mass is 10.2. The van der Waals surface area contributed by atoms with Gasteiger partial charge >= 0.3 is 0 Å². The van der Waals surface area contributed by atoms with Crippen LogP contribution >= 0.6 is 11.6 Å². The van der Waals surface area contributed by atoms with E-state index >= 15 is 0 Å². The van der Waals surface area contributed by atoms with Crippen LogP contribution in [0.25, 0.3) is 0 Å². The third-order valence-electron chi connectivity index (χ3n) is 2.16. The Labute approximate surface area is 104 Å². The van der Waals surface area contributed by atoms with Gasteiger partial charge in [-0.25, -0.2) is 4.98 Å². The number of aromatic nitrogens is 2. The maximum atomic E-state index is 11.8. The average Bonchev–Trinajstić information content (AvgIpc) is 2.38. The summed E-state index contributed by atoms with van der Waals surface area (Å²) in [6, 6.07) is 8.82. The van der Waals surface area contributed by atoms with Crippen molar-refractivity contribution < 1.29 is 4.79 Å². The molecule has 2 aromatic rings. The Hall–Kier alpha value is -1.94. The summed E-state index contributed by atoms with van der Waals surface area (Å²) >= 11 is 5.81. The molecule has 5 heteroatoms. The summed E-state index contributed by atoms with van der Waals surface area (Å²) in [4.78, 5) is 19.7. The lowest BCUT2D eigenvalue weighted by Gasteiger charge is -2.05. The SMILES string of the molecule is O=C(NCc1ccccn1)c1cccnc1Cl. The number of carbonyl (C=O) groups excluding carboxylic acids is 1. The fourth-order valence-electron chi connectivity index (χ4n) is 1.32. The van der Waals surface area contributed by atoms with Crippen LogP contribution < -0.4 is 5.32 Å². The predicted octanol–water partition coefficient (Wildman–Crippen LogP) is 2.06. The first-order valence-corrected chi connectivity index (χ1v) is 5.44. The van der Waals surface area contributed by atoms with Crippen molar-refractivity contribution in [2.75, 3.05) is 0 Å². The number of hydrogen-bond donors (Lipinski definition) is 1. The summed E-state index contributed by atoms with van der Waals surface area (Å²) in [7, 11) is 0. The van der Waals surface area contributed by atoms with Gasteiger partial charge in [0.25, 0.3) is 5.91 Å². The Bertz CT molecular complexity index is 516. The summed E-state index contributed by atoms with van der Waals surface area (Å²) in [5, 5.41) is 2.93. The summed E-state index contributed by atoms with van der Waals surface area (Å²) in [6.45, 7) is 0.366. The highest BCUT2D eigenvalue weighted by atomic mass is 35.5. The van der Waals surface area contributed by atoms with Crippen LogP contribution in [-0.4, -0.2) is 15.9 Å². The molecule has 4 nitrogen and oxygen atoms in total. The van der Waals surface area contributed by atoms with Crippen LogP contribution in [0.15, 0.2) is 42.7 Å². The number of rotatable bonds is 3. The first kappa shape index (κ1) is 11.5. The molecule has 0 saturated carbocycles. The van der Waals surface area contributed by atoms with Crippen LogP contribution in [0, 0.1) is 0 Å². The second-order valence-corrected chi connectivity index (χ2v) is 3.70. The molecule has 2 heterocycles. The molecule has 0 saturated heterocycles. The number of nitrogens with zero attached hydrogens (tertiary/aromatic N) is 2. The van der Waals surface area contributed by atoms with Gasteiger partial charge in [-0.2, -0.15) is 0 Å². The Balaban J connectivity index is 2.01. The van der Waals surface area contributed by atoms with Crippen molar-refractivity contribution in [3.63, 3.8) is 0 Å². The van der Waals surface area contributed by atoms with E-state index in [4.69, 9.17) is 11.6 Å².